The van der Waals surface area contributed by atoms with Gasteiger partial charge in [-0.05, 0) is 35.6 Å². The Balaban J connectivity index is 1.60. The molecule has 8 nitrogen and oxygen atoms in total. The molecule has 3 atom stereocenters. The van der Waals surface area contributed by atoms with Gasteiger partial charge in [0.1, 0.15) is 12.6 Å². The van der Waals surface area contributed by atoms with Crippen molar-refractivity contribution in [1.82, 2.24) is 10.6 Å². The van der Waals surface area contributed by atoms with Crippen LogP contribution in [0.25, 0.3) is 11.1 Å². The molecule has 2 aromatic carbocycles. The van der Waals surface area contributed by atoms with Crippen LogP contribution in [0.3, 0.4) is 0 Å². The van der Waals surface area contributed by atoms with Gasteiger partial charge in [-0.2, -0.15) is 13.2 Å². The van der Waals surface area contributed by atoms with E-state index in [1.807, 2.05) is 53.8 Å². The molecule has 2 aromatic rings. The van der Waals surface area contributed by atoms with Gasteiger partial charge < -0.3 is 25.6 Å². The van der Waals surface area contributed by atoms with Crippen LogP contribution < -0.4 is 10.6 Å². The van der Waals surface area contributed by atoms with Crippen LogP contribution in [0.2, 0.25) is 0 Å². The van der Waals surface area contributed by atoms with Gasteiger partial charge in [0.05, 0.1) is 6.10 Å². The van der Waals surface area contributed by atoms with Crippen molar-refractivity contribution in [3.05, 3.63) is 59.7 Å². The van der Waals surface area contributed by atoms with Crippen LogP contribution in [0.15, 0.2) is 48.5 Å². The van der Waals surface area contributed by atoms with Gasteiger partial charge in [-0.15, -0.1) is 0 Å². The molecule has 11 heteroatoms. The van der Waals surface area contributed by atoms with Crippen molar-refractivity contribution in [2.24, 2.45) is 0 Å². The molecule has 0 aliphatic heterocycles. The van der Waals surface area contributed by atoms with E-state index in [0.717, 1.165) is 29.2 Å². The quantitative estimate of drug-likeness (QED) is 0.425. The summed E-state index contributed by atoms with van der Waals surface area (Å²) in [5.74, 6) is -2.88. The number of nitrogens with one attached hydrogen (secondary N) is 2. The first-order valence-electron chi connectivity index (χ1n) is 10.9. The van der Waals surface area contributed by atoms with Crippen LogP contribution in [0, 0.1) is 0 Å². The number of aliphatic carboxylic acids is 1. The Kier molecular flexibility index (Phi) is 8.00. The Morgan fingerprint density at radius 3 is 2.03 bits per heavy atom. The van der Waals surface area contributed by atoms with Gasteiger partial charge >= 0.3 is 18.2 Å². The second-order valence-corrected chi connectivity index (χ2v) is 8.23. The maximum atomic E-state index is 13.4. The molecule has 35 heavy (non-hydrogen) atoms. The third kappa shape index (κ3) is 6.30. The van der Waals surface area contributed by atoms with Gasteiger partial charge in [0.2, 0.25) is 5.91 Å². The molecule has 4 N–H and O–H groups in total. The molecular weight excluding hydrogens is 469 g/mol. The number of alkyl carbamates (subject to hydrolysis) is 1. The van der Waals surface area contributed by atoms with Crippen molar-refractivity contribution in [2.75, 3.05) is 6.61 Å². The fraction of sp³-hybridized carbons (Fsp3) is 0.375. The largest absolute Gasteiger partial charge is 0.480 e. The summed E-state index contributed by atoms with van der Waals surface area (Å²) in [7, 11) is 0. The monoisotopic (exact) mass is 494 g/mol. The number of carbonyl (C=O) groups is 3. The topological polar surface area (TPSA) is 125 Å². The highest BCUT2D eigenvalue weighted by Crippen LogP contribution is 2.44. The number of aliphatic hydroxyl groups is 1. The van der Waals surface area contributed by atoms with Gasteiger partial charge in [0, 0.05) is 12.3 Å². The second-order valence-electron chi connectivity index (χ2n) is 8.23. The number of hydrogen-bond acceptors (Lipinski definition) is 5. The molecule has 0 fully saturated rings. The normalized spacial score (nSPS) is 15.3. The van der Waals surface area contributed by atoms with Gasteiger partial charge in [0.25, 0.3) is 0 Å². The van der Waals surface area contributed by atoms with Crippen molar-refractivity contribution in [3.8, 4) is 11.1 Å². The van der Waals surface area contributed by atoms with E-state index in [-0.39, 0.29) is 12.5 Å². The molecule has 188 valence electrons. The number of ether oxygens (including phenoxy) is 1. The van der Waals surface area contributed by atoms with Crippen molar-refractivity contribution in [1.29, 1.82) is 0 Å². The lowest BCUT2D eigenvalue weighted by atomic mass is 9.98. The van der Waals surface area contributed by atoms with E-state index in [1.165, 1.54) is 0 Å². The Morgan fingerprint density at radius 2 is 1.54 bits per heavy atom. The number of aliphatic hydroxyl groups excluding tert-OH is 1. The highest BCUT2D eigenvalue weighted by atomic mass is 19.4. The molecule has 0 heterocycles. The van der Waals surface area contributed by atoms with Crippen LogP contribution in [0.1, 0.15) is 36.8 Å². The molecule has 3 rings (SSSR count). The number of benzene rings is 2. The van der Waals surface area contributed by atoms with Crippen LogP contribution in [-0.4, -0.2) is 59.2 Å². The summed E-state index contributed by atoms with van der Waals surface area (Å²) < 4.78 is 45.5. The van der Waals surface area contributed by atoms with E-state index in [9.17, 15) is 32.7 Å². The maximum absolute atomic E-state index is 13.4. The first kappa shape index (κ1) is 26.0. The molecule has 0 saturated heterocycles. The maximum Gasteiger partial charge on any atom is 0.408 e. The average molecular weight is 494 g/mol. The van der Waals surface area contributed by atoms with Crippen LogP contribution in [-0.2, 0) is 14.3 Å². The third-order valence-electron chi connectivity index (χ3n) is 5.76. The van der Waals surface area contributed by atoms with E-state index < -0.39 is 55.2 Å². The smallest absolute Gasteiger partial charge is 0.408 e. The lowest BCUT2D eigenvalue weighted by Gasteiger charge is -2.23. The Bertz CT molecular complexity index is 1040. The number of halogens is 3. The summed E-state index contributed by atoms with van der Waals surface area (Å²) in [4.78, 5) is 35.2. The minimum atomic E-state index is -4.87. The zero-order valence-corrected chi connectivity index (χ0v) is 18.7. The van der Waals surface area contributed by atoms with E-state index in [4.69, 9.17) is 9.84 Å². The van der Waals surface area contributed by atoms with Gasteiger partial charge in [0.15, 0.2) is 6.04 Å². The summed E-state index contributed by atoms with van der Waals surface area (Å²) in [6, 6.07) is 10.9. The molecule has 0 bridgehead atoms. The summed E-state index contributed by atoms with van der Waals surface area (Å²) in [6.07, 6.45) is -9.19. The van der Waals surface area contributed by atoms with Gasteiger partial charge in [-0.25, -0.2) is 9.59 Å². The predicted octanol–water partition coefficient (Wildman–Crippen LogP) is 3.19. The number of alkyl halides is 3. The molecular formula is C24H25F3N2O6. The zero-order chi connectivity index (χ0) is 25.8. The Morgan fingerprint density at radius 1 is 1.00 bits per heavy atom. The second kappa shape index (κ2) is 10.8. The molecule has 2 amide bonds. The highest BCUT2D eigenvalue weighted by molar-refractivity contribution is 5.84. The van der Waals surface area contributed by atoms with Crippen LogP contribution >= 0.6 is 0 Å². The van der Waals surface area contributed by atoms with Crippen molar-refractivity contribution < 1.29 is 42.5 Å². The Hall–Kier alpha value is -3.60. The highest BCUT2D eigenvalue weighted by Gasteiger charge is 2.41. The van der Waals surface area contributed by atoms with Crippen LogP contribution in [0.4, 0.5) is 18.0 Å². The molecule has 1 aliphatic rings. The van der Waals surface area contributed by atoms with Gasteiger partial charge in [-0.3, -0.25) is 4.79 Å². The summed E-state index contributed by atoms with van der Waals surface area (Å²) in [6.45, 7) is 0.940. The fourth-order valence-electron chi connectivity index (χ4n) is 4.01. The lowest BCUT2D eigenvalue weighted by molar-refractivity contribution is -0.157. The van der Waals surface area contributed by atoms with E-state index in [0.29, 0.717) is 0 Å². The first-order chi connectivity index (χ1) is 16.5. The number of carboxylic acid groups (broad SMARTS) is 1. The minimum Gasteiger partial charge on any atom is -0.480 e. The number of amides is 2. The zero-order valence-electron chi connectivity index (χ0n) is 18.7. The first-order valence-corrected chi connectivity index (χ1v) is 10.9. The number of carbonyl (C=O) groups excluding carboxylic acids is 2. The molecule has 0 radical (unpaired) electrons. The number of rotatable bonds is 9. The summed E-state index contributed by atoms with van der Waals surface area (Å²) >= 11 is 0. The summed E-state index contributed by atoms with van der Waals surface area (Å²) in [5, 5.41) is 22.0. The van der Waals surface area contributed by atoms with Crippen molar-refractivity contribution in [2.45, 2.75) is 50.0 Å². The average Bonchev–Trinajstić information content (AvgIpc) is 3.11. The standard InChI is InChI=1S/C24H25F3N2O6/c1-13(30)21(22(32)33)29-20(31)11-10-19(24(25,26)27)28-23(34)35-12-18-16-8-4-2-6-14(16)15-7-3-5-9-17(15)18/h2-9,13,18-19,21,30H,10-12H2,1H3,(H,28,34)(H,29,31)(H,32,33)/t13?,19-,21?/m0/s1. The van der Waals surface area contributed by atoms with E-state index >= 15 is 0 Å². The molecule has 0 saturated carbocycles. The third-order valence-corrected chi connectivity index (χ3v) is 5.76. The molecule has 2 unspecified atom stereocenters. The molecule has 0 spiro atoms. The molecule has 0 aromatic heterocycles. The lowest BCUT2D eigenvalue weighted by Crippen LogP contribution is -2.49. The van der Waals surface area contributed by atoms with Crippen molar-refractivity contribution >= 4 is 18.0 Å². The number of hydrogen-bond donors (Lipinski definition) is 4. The van der Waals surface area contributed by atoms with E-state index in [1.54, 1.807) is 5.32 Å². The number of fused-ring (bicyclic) bond motifs is 3. The fourth-order valence-corrected chi connectivity index (χ4v) is 4.01. The number of carboxylic acids is 1. The van der Waals surface area contributed by atoms with Gasteiger partial charge in [-0.1, -0.05) is 48.5 Å². The van der Waals surface area contributed by atoms with Crippen molar-refractivity contribution in [3.63, 3.8) is 0 Å². The summed E-state index contributed by atoms with van der Waals surface area (Å²) in [5.41, 5.74) is 3.73. The predicted molar refractivity (Wildman–Crippen MR) is 119 cm³/mol. The minimum absolute atomic E-state index is 0.181. The van der Waals surface area contributed by atoms with E-state index in [2.05, 4.69) is 0 Å². The van der Waals surface area contributed by atoms with Crippen LogP contribution in [0.5, 0.6) is 0 Å². The SMILES string of the molecule is CC(O)C(NC(=O)CC[C@H](NC(=O)OCC1c2ccccc2-c2ccccc21)C(F)(F)F)C(=O)O. The Labute approximate surface area is 199 Å². The molecule has 1 aliphatic carbocycles.